The van der Waals surface area contributed by atoms with Crippen molar-refractivity contribution in [1.29, 1.82) is 0 Å². The van der Waals surface area contributed by atoms with Gasteiger partial charge in [-0.2, -0.15) is 0 Å². The predicted molar refractivity (Wildman–Crippen MR) is 71.1 cm³/mol. The molecule has 5 heteroatoms. The molecule has 90 valence electrons. The van der Waals surface area contributed by atoms with E-state index in [1.807, 2.05) is 30.3 Å². The van der Waals surface area contributed by atoms with Crippen molar-refractivity contribution in [2.75, 3.05) is 6.54 Å². The van der Waals surface area contributed by atoms with E-state index < -0.39 is 0 Å². The molecule has 0 spiro atoms. The third-order valence-electron chi connectivity index (χ3n) is 3.10. The van der Waals surface area contributed by atoms with E-state index in [4.69, 9.17) is 21.9 Å². The van der Waals surface area contributed by atoms with Crippen LogP contribution in [0.5, 0.6) is 5.75 Å². The molecule has 0 radical (unpaired) electrons. The first-order valence-electron chi connectivity index (χ1n) is 5.67. The number of benzene rings is 2. The topological polar surface area (TPSA) is 58.0 Å². The molecule has 2 aromatic carbocycles. The smallest absolute Gasteiger partial charge is 0.130 e. The molecule has 0 saturated heterocycles. The van der Waals surface area contributed by atoms with Gasteiger partial charge in [-0.3, -0.25) is 0 Å². The Bertz CT molecular complexity index is 665. The van der Waals surface area contributed by atoms with Gasteiger partial charge in [-0.1, -0.05) is 41.0 Å². The maximum Gasteiger partial charge on any atom is 0.130 e. The van der Waals surface area contributed by atoms with Crippen molar-refractivity contribution < 1.29 is 4.74 Å². The fourth-order valence-corrected chi connectivity index (χ4v) is 2.63. The number of ether oxygens (including phenoxy) is 1. The molecular weight excluding hydrogens is 250 g/mol. The Morgan fingerprint density at radius 1 is 1.39 bits per heavy atom. The lowest BCUT2D eigenvalue weighted by Crippen LogP contribution is -2.16. The van der Waals surface area contributed by atoms with Crippen LogP contribution in [-0.4, -0.2) is 12.6 Å². The highest BCUT2D eigenvalue weighted by Gasteiger charge is 2.25. The highest BCUT2D eigenvalue weighted by atomic mass is 35.5. The molecule has 18 heavy (non-hydrogen) atoms. The van der Waals surface area contributed by atoms with Crippen molar-refractivity contribution in [2.24, 2.45) is 5.11 Å². The second-order valence-electron chi connectivity index (χ2n) is 4.25. The zero-order valence-electron chi connectivity index (χ0n) is 9.51. The first kappa shape index (κ1) is 11.2. The van der Waals surface area contributed by atoms with Crippen LogP contribution >= 0.6 is 11.6 Å². The van der Waals surface area contributed by atoms with E-state index >= 15 is 0 Å². The van der Waals surface area contributed by atoms with Crippen molar-refractivity contribution in [2.45, 2.75) is 12.5 Å². The van der Waals surface area contributed by atoms with Gasteiger partial charge < -0.3 is 4.74 Å². The molecule has 0 aliphatic carbocycles. The number of fused-ring (bicyclic) bond motifs is 3. The largest absolute Gasteiger partial charge is 0.489 e. The normalized spacial score (nSPS) is 17.1. The van der Waals surface area contributed by atoms with E-state index in [0.717, 1.165) is 33.5 Å². The molecule has 0 saturated carbocycles. The summed E-state index contributed by atoms with van der Waals surface area (Å²) in [6, 6.07) is 9.82. The third kappa shape index (κ3) is 1.76. The Morgan fingerprint density at radius 3 is 2.94 bits per heavy atom. The van der Waals surface area contributed by atoms with Crippen LogP contribution in [-0.2, 0) is 6.42 Å². The molecule has 0 bridgehead atoms. The third-order valence-corrected chi connectivity index (χ3v) is 3.41. The first-order chi connectivity index (χ1) is 8.79. The Kier molecular flexibility index (Phi) is 2.74. The number of hydrogen-bond acceptors (Lipinski definition) is 2. The lowest BCUT2D eigenvalue weighted by molar-refractivity contribution is 0.244. The van der Waals surface area contributed by atoms with Gasteiger partial charge in [0.15, 0.2) is 0 Å². The van der Waals surface area contributed by atoms with E-state index in [9.17, 15) is 0 Å². The summed E-state index contributed by atoms with van der Waals surface area (Å²) < 4.78 is 5.85. The van der Waals surface area contributed by atoms with Crippen LogP contribution in [0.15, 0.2) is 35.4 Å². The molecule has 3 rings (SSSR count). The van der Waals surface area contributed by atoms with Crippen molar-refractivity contribution in [3.05, 3.63) is 51.4 Å². The predicted octanol–water partition coefficient (Wildman–Crippen LogP) is 4.11. The van der Waals surface area contributed by atoms with E-state index in [-0.39, 0.29) is 6.10 Å². The second kappa shape index (κ2) is 4.41. The minimum atomic E-state index is -0.0854. The summed E-state index contributed by atoms with van der Waals surface area (Å²) in [6.45, 7) is 0.344. The molecule has 0 amide bonds. The van der Waals surface area contributed by atoms with Crippen molar-refractivity contribution in [3.63, 3.8) is 0 Å². The summed E-state index contributed by atoms with van der Waals surface area (Å²) in [5.74, 6) is 0.869. The first-order valence-corrected chi connectivity index (χ1v) is 6.05. The molecule has 0 fully saturated rings. The average molecular weight is 260 g/mol. The molecule has 0 aromatic heterocycles. The van der Waals surface area contributed by atoms with Crippen LogP contribution in [0, 0.1) is 0 Å². The number of halogens is 1. The van der Waals surface area contributed by atoms with Crippen LogP contribution in [0.25, 0.3) is 21.2 Å². The molecule has 1 aliphatic heterocycles. The maximum atomic E-state index is 8.34. The highest BCUT2D eigenvalue weighted by Crippen LogP contribution is 2.40. The van der Waals surface area contributed by atoms with Crippen LogP contribution in [0.1, 0.15) is 5.56 Å². The number of rotatable bonds is 2. The maximum absolute atomic E-state index is 8.34. The van der Waals surface area contributed by atoms with Gasteiger partial charge in [0.1, 0.15) is 11.9 Å². The number of nitrogens with zero attached hydrogens (tertiary/aromatic N) is 3. The number of azide groups is 1. The summed E-state index contributed by atoms with van der Waals surface area (Å²) in [4.78, 5) is 2.76. The van der Waals surface area contributed by atoms with Gasteiger partial charge in [-0.15, -0.1) is 0 Å². The fourth-order valence-electron chi connectivity index (χ4n) is 2.33. The van der Waals surface area contributed by atoms with Gasteiger partial charge in [0, 0.05) is 27.1 Å². The van der Waals surface area contributed by atoms with Gasteiger partial charge in [0.05, 0.1) is 6.54 Å². The lowest BCUT2D eigenvalue weighted by atomic mass is 10.0. The lowest BCUT2D eigenvalue weighted by Gasteiger charge is -2.09. The quantitative estimate of drug-likeness (QED) is 0.455. The van der Waals surface area contributed by atoms with Crippen LogP contribution < -0.4 is 4.74 Å². The molecule has 2 aromatic rings. The van der Waals surface area contributed by atoms with Gasteiger partial charge in [0.2, 0.25) is 0 Å². The summed E-state index contributed by atoms with van der Waals surface area (Å²) in [7, 11) is 0. The molecule has 1 heterocycles. The monoisotopic (exact) mass is 259 g/mol. The van der Waals surface area contributed by atoms with Crippen LogP contribution in [0.3, 0.4) is 0 Å². The minimum absolute atomic E-state index is 0.0854. The molecule has 1 atom stereocenters. The van der Waals surface area contributed by atoms with Crippen molar-refractivity contribution >= 4 is 22.4 Å². The standard InChI is InChI=1S/C13H10ClN3O/c14-12-6-8-5-9(7-16-17-15)18-13(8)11-4-2-1-3-10(11)12/h1-4,6,9H,5,7H2. The number of hydrogen-bond donors (Lipinski definition) is 0. The van der Waals surface area contributed by atoms with Gasteiger partial charge in [-0.05, 0) is 17.2 Å². The minimum Gasteiger partial charge on any atom is -0.489 e. The molecule has 1 aliphatic rings. The Hall–Kier alpha value is -1.90. The Morgan fingerprint density at radius 2 is 2.17 bits per heavy atom. The van der Waals surface area contributed by atoms with E-state index in [0.29, 0.717) is 6.54 Å². The SMILES string of the molecule is [N-]=[N+]=NCC1Cc2cc(Cl)c3ccccc3c2O1. The zero-order chi connectivity index (χ0) is 12.5. The van der Waals surface area contributed by atoms with Crippen LogP contribution in [0.2, 0.25) is 5.02 Å². The van der Waals surface area contributed by atoms with Gasteiger partial charge >= 0.3 is 0 Å². The summed E-state index contributed by atoms with van der Waals surface area (Å²) >= 11 is 6.26. The molecule has 0 N–H and O–H groups in total. The molecule has 4 nitrogen and oxygen atoms in total. The highest BCUT2D eigenvalue weighted by molar-refractivity contribution is 6.36. The Labute approximate surface area is 109 Å². The van der Waals surface area contributed by atoms with Gasteiger partial charge in [-0.25, -0.2) is 0 Å². The van der Waals surface area contributed by atoms with E-state index in [2.05, 4.69) is 10.0 Å². The molecule has 1 unspecified atom stereocenters. The van der Waals surface area contributed by atoms with E-state index in [1.165, 1.54) is 0 Å². The molecular formula is C13H10ClN3O. The summed E-state index contributed by atoms with van der Waals surface area (Å²) in [6.07, 6.45) is 0.650. The van der Waals surface area contributed by atoms with Crippen molar-refractivity contribution in [1.82, 2.24) is 0 Å². The summed E-state index contributed by atoms with van der Waals surface area (Å²) in [5, 5.41) is 6.30. The van der Waals surface area contributed by atoms with Crippen LogP contribution in [0.4, 0.5) is 0 Å². The van der Waals surface area contributed by atoms with Crippen molar-refractivity contribution in [3.8, 4) is 5.75 Å². The zero-order valence-corrected chi connectivity index (χ0v) is 10.3. The summed E-state index contributed by atoms with van der Waals surface area (Å²) in [5.41, 5.74) is 9.42. The van der Waals surface area contributed by atoms with Gasteiger partial charge in [0.25, 0.3) is 0 Å². The van der Waals surface area contributed by atoms with E-state index in [1.54, 1.807) is 0 Å². The average Bonchev–Trinajstić information content (AvgIpc) is 2.80. The second-order valence-corrected chi connectivity index (χ2v) is 4.66. The Balaban J connectivity index is 2.08. The fraction of sp³-hybridized carbons (Fsp3) is 0.231.